The average Bonchev–Trinajstić information content (AvgIpc) is 2.71. The smallest absolute Gasteiger partial charge is 0.131 e. The summed E-state index contributed by atoms with van der Waals surface area (Å²) >= 11 is 6.27. The van der Waals surface area contributed by atoms with Crippen LogP contribution < -0.4 is 4.74 Å². The van der Waals surface area contributed by atoms with E-state index in [1.165, 1.54) is 0 Å². The monoisotopic (exact) mass is 294 g/mol. The van der Waals surface area contributed by atoms with Gasteiger partial charge in [-0.2, -0.15) is 5.10 Å². The van der Waals surface area contributed by atoms with E-state index in [1.807, 2.05) is 38.2 Å². The summed E-state index contributed by atoms with van der Waals surface area (Å²) in [4.78, 5) is 0. The first kappa shape index (κ1) is 14.9. The normalized spacial score (nSPS) is 12.4. The maximum absolute atomic E-state index is 9.46. The van der Waals surface area contributed by atoms with Gasteiger partial charge in [0, 0.05) is 7.05 Å². The van der Waals surface area contributed by atoms with E-state index < -0.39 is 6.10 Å². The van der Waals surface area contributed by atoms with Crippen LogP contribution in [0.25, 0.3) is 0 Å². The highest BCUT2D eigenvalue weighted by Gasteiger charge is 2.13. The van der Waals surface area contributed by atoms with Crippen molar-refractivity contribution in [3.8, 4) is 5.75 Å². The Morgan fingerprint density at radius 1 is 1.35 bits per heavy atom. The lowest BCUT2D eigenvalue weighted by atomic mass is 10.1. The standard InChI is InChI=1S/C15H19ClN2O2/c1-4-13-15(16)14(18(3)17-13)9-20-12-7-5-11(6-8-12)10(2)19/h5-8,10,19H,4,9H2,1-3H3/t10-/m0/s1. The zero-order valence-electron chi connectivity index (χ0n) is 11.9. The number of rotatable bonds is 5. The van der Waals surface area contributed by atoms with Gasteiger partial charge in [-0.25, -0.2) is 0 Å². The molecule has 0 fully saturated rings. The van der Waals surface area contributed by atoms with Crippen LogP contribution in [0.2, 0.25) is 5.02 Å². The fraction of sp³-hybridized carbons (Fsp3) is 0.400. The summed E-state index contributed by atoms with van der Waals surface area (Å²) in [7, 11) is 1.86. The van der Waals surface area contributed by atoms with Crippen molar-refractivity contribution >= 4 is 11.6 Å². The lowest BCUT2D eigenvalue weighted by Gasteiger charge is -2.09. The Morgan fingerprint density at radius 3 is 2.50 bits per heavy atom. The molecule has 0 aliphatic carbocycles. The molecular weight excluding hydrogens is 276 g/mol. The maximum Gasteiger partial charge on any atom is 0.131 e. The van der Waals surface area contributed by atoms with Gasteiger partial charge in [0.15, 0.2) is 0 Å². The molecule has 2 aromatic rings. The van der Waals surface area contributed by atoms with Crippen LogP contribution in [0, 0.1) is 0 Å². The van der Waals surface area contributed by atoms with Gasteiger partial charge in [0.05, 0.1) is 22.5 Å². The van der Waals surface area contributed by atoms with Gasteiger partial charge in [0.2, 0.25) is 0 Å². The number of benzene rings is 1. The summed E-state index contributed by atoms with van der Waals surface area (Å²) in [5.41, 5.74) is 2.62. The second-order valence-electron chi connectivity index (χ2n) is 4.72. The Morgan fingerprint density at radius 2 is 2.00 bits per heavy atom. The molecule has 2 rings (SSSR count). The molecule has 1 heterocycles. The highest BCUT2D eigenvalue weighted by molar-refractivity contribution is 6.31. The molecular formula is C15H19ClN2O2. The van der Waals surface area contributed by atoms with E-state index in [-0.39, 0.29) is 0 Å². The van der Waals surface area contributed by atoms with Crippen LogP contribution >= 0.6 is 11.6 Å². The Balaban J connectivity index is 2.07. The lowest BCUT2D eigenvalue weighted by molar-refractivity contribution is 0.199. The highest BCUT2D eigenvalue weighted by Crippen LogP contribution is 2.23. The third-order valence-corrected chi connectivity index (χ3v) is 3.68. The second-order valence-corrected chi connectivity index (χ2v) is 5.10. The fourth-order valence-electron chi connectivity index (χ4n) is 1.97. The number of aliphatic hydroxyl groups is 1. The van der Waals surface area contributed by atoms with Crippen LogP contribution in [0.3, 0.4) is 0 Å². The molecule has 5 heteroatoms. The Kier molecular flexibility index (Phi) is 4.68. The maximum atomic E-state index is 9.46. The molecule has 108 valence electrons. The first-order valence-electron chi connectivity index (χ1n) is 6.64. The van der Waals surface area contributed by atoms with Gasteiger partial charge in [-0.15, -0.1) is 0 Å². The quantitative estimate of drug-likeness (QED) is 0.920. The summed E-state index contributed by atoms with van der Waals surface area (Å²) in [5, 5.41) is 14.5. The van der Waals surface area contributed by atoms with E-state index in [0.29, 0.717) is 11.6 Å². The largest absolute Gasteiger partial charge is 0.487 e. The van der Waals surface area contributed by atoms with Crippen molar-refractivity contribution < 1.29 is 9.84 Å². The van der Waals surface area contributed by atoms with Crippen molar-refractivity contribution in [3.05, 3.63) is 46.2 Å². The number of aryl methyl sites for hydroxylation is 2. The van der Waals surface area contributed by atoms with Crippen molar-refractivity contribution in [3.63, 3.8) is 0 Å². The Bertz CT molecular complexity index is 576. The van der Waals surface area contributed by atoms with Gasteiger partial charge >= 0.3 is 0 Å². The molecule has 0 bridgehead atoms. The van der Waals surface area contributed by atoms with E-state index in [1.54, 1.807) is 11.6 Å². The third kappa shape index (κ3) is 3.14. The van der Waals surface area contributed by atoms with Crippen LogP contribution in [0.5, 0.6) is 5.75 Å². The van der Waals surface area contributed by atoms with Gasteiger partial charge in [-0.1, -0.05) is 30.7 Å². The minimum Gasteiger partial charge on any atom is -0.487 e. The van der Waals surface area contributed by atoms with Gasteiger partial charge in [0.1, 0.15) is 12.4 Å². The molecule has 0 amide bonds. The number of nitrogens with zero attached hydrogens (tertiary/aromatic N) is 2. The zero-order chi connectivity index (χ0) is 14.7. The first-order valence-corrected chi connectivity index (χ1v) is 7.01. The Hall–Kier alpha value is -1.52. The SMILES string of the molecule is CCc1nn(C)c(COc2ccc([C@H](C)O)cc2)c1Cl. The van der Waals surface area contributed by atoms with Gasteiger partial charge in [-0.3, -0.25) is 4.68 Å². The summed E-state index contributed by atoms with van der Waals surface area (Å²) < 4.78 is 7.47. The number of ether oxygens (including phenoxy) is 1. The molecule has 20 heavy (non-hydrogen) atoms. The first-order chi connectivity index (χ1) is 9.52. The topological polar surface area (TPSA) is 47.3 Å². The van der Waals surface area contributed by atoms with Crippen molar-refractivity contribution in [2.75, 3.05) is 0 Å². The van der Waals surface area contributed by atoms with Crippen LogP contribution in [0.4, 0.5) is 0 Å². The molecule has 0 saturated carbocycles. The minimum atomic E-state index is -0.470. The molecule has 0 aliphatic rings. The molecule has 1 N–H and O–H groups in total. The number of hydrogen-bond donors (Lipinski definition) is 1. The van der Waals surface area contributed by atoms with Crippen LogP contribution in [-0.2, 0) is 20.1 Å². The predicted octanol–water partition coefficient (Wildman–Crippen LogP) is 3.27. The summed E-state index contributed by atoms with van der Waals surface area (Å²) in [6.07, 6.45) is 0.332. The molecule has 1 aromatic carbocycles. The Labute approximate surface area is 123 Å². The number of hydrogen-bond acceptors (Lipinski definition) is 3. The van der Waals surface area contributed by atoms with Gasteiger partial charge < -0.3 is 9.84 Å². The molecule has 0 saturated heterocycles. The number of halogens is 1. The van der Waals surface area contributed by atoms with Crippen molar-refractivity contribution in [1.29, 1.82) is 0 Å². The molecule has 1 aromatic heterocycles. The molecule has 0 radical (unpaired) electrons. The van der Waals surface area contributed by atoms with Crippen LogP contribution in [0.1, 0.15) is 36.9 Å². The van der Waals surface area contributed by atoms with Crippen molar-refractivity contribution in [2.24, 2.45) is 7.05 Å². The summed E-state index contributed by atoms with van der Waals surface area (Å²) in [6.45, 7) is 4.13. The second kappa shape index (κ2) is 6.29. The fourth-order valence-corrected chi connectivity index (χ4v) is 2.32. The molecule has 0 unspecified atom stereocenters. The third-order valence-electron chi connectivity index (χ3n) is 3.24. The molecule has 4 nitrogen and oxygen atoms in total. The van der Waals surface area contributed by atoms with E-state index in [2.05, 4.69) is 5.10 Å². The molecule has 0 aliphatic heterocycles. The highest BCUT2D eigenvalue weighted by atomic mass is 35.5. The van der Waals surface area contributed by atoms with E-state index in [4.69, 9.17) is 16.3 Å². The lowest BCUT2D eigenvalue weighted by Crippen LogP contribution is -2.03. The van der Waals surface area contributed by atoms with E-state index >= 15 is 0 Å². The van der Waals surface area contributed by atoms with Crippen molar-refractivity contribution in [1.82, 2.24) is 9.78 Å². The van der Waals surface area contributed by atoms with Gasteiger partial charge in [0.25, 0.3) is 0 Å². The van der Waals surface area contributed by atoms with Crippen LogP contribution in [-0.4, -0.2) is 14.9 Å². The van der Waals surface area contributed by atoms with Crippen molar-refractivity contribution in [2.45, 2.75) is 33.0 Å². The van der Waals surface area contributed by atoms with E-state index in [9.17, 15) is 5.11 Å². The molecule has 0 spiro atoms. The average molecular weight is 295 g/mol. The minimum absolute atomic E-state index is 0.371. The summed E-state index contributed by atoms with van der Waals surface area (Å²) in [5.74, 6) is 0.740. The van der Waals surface area contributed by atoms with Gasteiger partial charge in [-0.05, 0) is 31.0 Å². The number of aliphatic hydroxyl groups excluding tert-OH is 1. The molecule has 1 atom stereocenters. The van der Waals surface area contributed by atoms with Crippen LogP contribution in [0.15, 0.2) is 24.3 Å². The zero-order valence-corrected chi connectivity index (χ0v) is 12.7. The van der Waals surface area contributed by atoms with E-state index in [0.717, 1.165) is 29.1 Å². The number of aromatic nitrogens is 2. The summed E-state index contributed by atoms with van der Waals surface area (Å²) in [6, 6.07) is 7.38. The predicted molar refractivity (Wildman–Crippen MR) is 79.0 cm³/mol.